The first-order valence-electron chi connectivity index (χ1n) is 3.02. The highest BCUT2D eigenvalue weighted by Crippen LogP contribution is 2.07. The number of rotatable bonds is 2. The first-order valence-corrected chi connectivity index (χ1v) is 4.84. The van der Waals surface area contributed by atoms with Gasteiger partial charge in [-0.15, -0.1) is 0 Å². The van der Waals surface area contributed by atoms with Gasteiger partial charge in [0.25, 0.3) is 0 Å². The molecule has 2 nitrogen and oxygen atoms in total. The second-order valence-corrected chi connectivity index (χ2v) is 3.09. The summed E-state index contributed by atoms with van der Waals surface area (Å²) in [6.45, 7) is 1.57. The molecule has 0 bridgehead atoms. The standard InChI is InChI=1S/C7H8O2Si/c1-10(8)9-7-5-3-2-4-6-7/h2-6H,1H3. The lowest BCUT2D eigenvalue weighted by molar-refractivity contribution is 0.460. The maximum Gasteiger partial charge on any atom is 0.504 e. The van der Waals surface area contributed by atoms with E-state index in [0.29, 0.717) is 5.75 Å². The molecule has 0 heterocycles. The zero-order valence-electron chi connectivity index (χ0n) is 5.70. The van der Waals surface area contributed by atoms with Crippen LogP contribution in [0.3, 0.4) is 0 Å². The molecule has 0 unspecified atom stereocenters. The summed E-state index contributed by atoms with van der Waals surface area (Å²) in [7, 11) is -1.84. The monoisotopic (exact) mass is 152 g/mol. The summed E-state index contributed by atoms with van der Waals surface area (Å²) < 4.78 is 15.5. The van der Waals surface area contributed by atoms with Crippen LogP contribution in [0.4, 0.5) is 0 Å². The number of benzene rings is 1. The van der Waals surface area contributed by atoms with Gasteiger partial charge in [0, 0.05) is 6.55 Å². The molecule has 0 atom stereocenters. The second-order valence-electron chi connectivity index (χ2n) is 1.91. The molecule has 0 aliphatic heterocycles. The molecule has 1 rings (SSSR count). The number of hydrogen-bond donors (Lipinski definition) is 0. The van der Waals surface area contributed by atoms with E-state index in [0.717, 1.165) is 0 Å². The van der Waals surface area contributed by atoms with E-state index < -0.39 is 8.93 Å². The van der Waals surface area contributed by atoms with E-state index in [9.17, 15) is 4.46 Å². The topological polar surface area (TPSA) is 26.3 Å². The lowest BCUT2D eigenvalue weighted by atomic mass is 10.3. The minimum absolute atomic E-state index is 0.675. The molecule has 0 aliphatic rings. The highest BCUT2D eigenvalue weighted by molar-refractivity contribution is 6.33. The highest BCUT2D eigenvalue weighted by atomic mass is 28.3. The molecule has 52 valence electrons. The van der Waals surface area contributed by atoms with Gasteiger partial charge in [0.15, 0.2) is 0 Å². The van der Waals surface area contributed by atoms with Gasteiger partial charge >= 0.3 is 8.93 Å². The van der Waals surface area contributed by atoms with E-state index in [1.807, 2.05) is 18.2 Å². The van der Waals surface area contributed by atoms with Crippen LogP contribution in [-0.4, -0.2) is 8.93 Å². The Morgan fingerprint density at radius 1 is 1.30 bits per heavy atom. The van der Waals surface area contributed by atoms with Crippen LogP contribution in [-0.2, 0) is 4.46 Å². The van der Waals surface area contributed by atoms with Crippen LogP contribution in [0.15, 0.2) is 30.3 Å². The van der Waals surface area contributed by atoms with Crippen molar-refractivity contribution in [2.24, 2.45) is 0 Å². The first-order chi connectivity index (χ1) is 4.79. The van der Waals surface area contributed by atoms with Crippen LogP contribution in [0.1, 0.15) is 0 Å². The normalized spacial score (nSPS) is 8.90. The van der Waals surface area contributed by atoms with Gasteiger partial charge < -0.3 is 8.89 Å². The quantitative estimate of drug-likeness (QED) is 0.602. The molecule has 0 N–H and O–H groups in total. The summed E-state index contributed by atoms with van der Waals surface area (Å²) >= 11 is 0. The third-order valence-electron chi connectivity index (χ3n) is 1.00. The van der Waals surface area contributed by atoms with Gasteiger partial charge in [0.1, 0.15) is 5.75 Å². The molecule has 10 heavy (non-hydrogen) atoms. The molecule has 0 amide bonds. The van der Waals surface area contributed by atoms with E-state index in [4.69, 9.17) is 4.43 Å². The third kappa shape index (κ3) is 2.11. The largest absolute Gasteiger partial charge is 0.504 e. The maximum absolute atomic E-state index is 10.6. The van der Waals surface area contributed by atoms with Crippen LogP contribution in [0.2, 0.25) is 6.55 Å². The molecular weight excluding hydrogens is 144 g/mol. The van der Waals surface area contributed by atoms with Gasteiger partial charge in [0.05, 0.1) is 0 Å². The molecule has 0 spiro atoms. The van der Waals surface area contributed by atoms with Gasteiger partial charge in [-0.3, -0.25) is 0 Å². The van der Waals surface area contributed by atoms with Crippen molar-refractivity contribution in [1.82, 2.24) is 0 Å². The summed E-state index contributed by atoms with van der Waals surface area (Å²) in [5.74, 6) is 0.675. The Hall–Kier alpha value is -0.963. The lowest BCUT2D eigenvalue weighted by Crippen LogP contribution is -2.03. The van der Waals surface area contributed by atoms with Gasteiger partial charge in [0.2, 0.25) is 0 Å². The summed E-state index contributed by atoms with van der Waals surface area (Å²) in [5.41, 5.74) is 0. The van der Waals surface area contributed by atoms with Gasteiger partial charge in [-0.05, 0) is 12.1 Å². The van der Waals surface area contributed by atoms with E-state index in [1.54, 1.807) is 18.7 Å². The van der Waals surface area contributed by atoms with E-state index >= 15 is 0 Å². The van der Waals surface area contributed by atoms with E-state index in [2.05, 4.69) is 0 Å². The molecule has 0 saturated heterocycles. The lowest BCUT2D eigenvalue weighted by Gasteiger charge is -1.97. The number of para-hydroxylation sites is 1. The Kier molecular flexibility index (Phi) is 2.34. The molecule has 1 aromatic rings. The Labute approximate surface area is 61.2 Å². The van der Waals surface area contributed by atoms with Crippen LogP contribution >= 0.6 is 0 Å². The minimum atomic E-state index is -1.84. The average Bonchev–Trinajstić information content (AvgIpc) is 1.88. The first kappa shape index (κ1) is 7.15. The summed E-state index contributed by atoms with van der Waals surface area (Å²) in [5, 5.41) is 0. The van der Waals surface area contributed by atoms with Crippen molar-refractivity contribution in [2.75, 3.05) is 0 Å². The van der Waals surface area contributed by atoms with E-state index in [1.165, 1.54) is 0 Å². The maximum atomic E-state index is 10.6. The molecule has 0 aliphatic carbocycles. The predicted molar refractivity (Wildman–Crippen MR) is 39.4 cm³/mol. The zero-order chi connectivity index (χ0) is 7.40. The molecule has 0 fully saturated rings. The van der Waals surface area contributed by atoms with Gasteiger partial charge in [-0.1, -0.05) is 18.2 Å². The third-order valence-corrected chi connectivity index (χ3v) is 1.53. The Balaban J connectivity index is 2.67. The Morgan fingerprint density at radius 3 is 2.40 bits per heavy atom. The fraction of sp³-hybridized carbons (Fsp3) is 0.143. The van der Waals surface area contributed by atoms with Crippen LogP contribution in [0.25, 0.3) is 0 Å². The van der Waals surface area contributed by atoms with Gasteiger partial charge in [-0.2, -0.15) is 0 Å². The van der Waals surface area contributed by atoms with Crippen LogP contribution in [0.5, 0.6) is 5.75 Å². The van der Waals surface area contributed by atoms with Crippen molar-refractivity contribution in [2.45, 2.75) is 6.55 Å². The fourth-order valence-electron chi connectivity index (χ4n) is 0.655. The molecule has 0 saturated carbocycles. The predicted octanol–water partition coefficient (Wildman–Crippen LogP) is 1.61. The minimum Gasteiger partial charge on any atom is -0.488 e. The van der Waals surface area contributed by atoms with Crippen molar-refractivity contribution < 1.29 is 8.89 Å². The van der Waals surface area contributed by atoms with Crippen molar-refractivity contribution >= 4 is 8.93 Å². The summed E-state index contributed by atoms with van der Waals surface area (Å²) in [6.07, 6.45) is 0. The van der Waals surface area contributed by atoms with Crippen LogP contribution < -0.4 is 4.43 Å². The van der Waals surface area contributed by atoms with Crippen molar-refractivity contribution in [3.05, 3.63) is 30.3 Å². The number of hydrogen-bond acceptors (Lipinski definition) is 2. The zero-order valence-corrected chi connectivity index (χ0v) is 6.70. The molecular formula is C7H8O2Si. The fourth-order valence-corrected chi connectivity index (χ4v) is 1.12. The molecule has 0 radical (unpaired) electrons. The Bertz CT molecular complexity index is 220. The Morgan fingerprint density at radius 2 is 1.90 bits per heavy atom. The van der Waals surface area contributed by atoms with Gasteiger partial charge in [-0.25, -0.2) is 0 Å². The second kappa shape index (κ2) is 3.27. The average molecular weight is 152 g/mol. The van der Waals surface area contributed by atoms with Crippen molar-refractivity contribution in [3.63, 3.8) is 0 Å². The summed E-state index contributed by atoms with van der Waals surface area (Å²) in [6, 6.07) is 9.15. The summed E-state index contributed by atoms with van der Waals surface area (Å²) in [4.78, 5) is 0. The van der Waals surface area contributed by atoms with Crippen molar-refractivity contribution in [3.8, 4) is 5.75 Å². The van der Waals surface area contributed by atoms with Crippen LogP contribution in [0, 0.1) is 0 Å². The molecule has 0 aromatic heterocycles. The van der Waals surface area contributed by atoms with E-state index in [-0.39, 0.29) is 0 Å². The smallest absolute Gasteiger partial charge is 0.488 e. The highest BCUT2D eigenvalue weighted by Gasteiger charge is 1.96. The van der Waals surface area contributed by atoms with Crippen molar-refractivity contribution in [1.29, 1.82) is 0 Å². The molecule has 3 heteroatoms. The SMILES string of the molecule is C[Si](=O)Oc1ccccc1. The molecule has 1 aromatic carbocycles.